The van der Waals surface area contributed by atoms with E-state index in [1.807, 2.05) is 0 Å². The van der Waals surface area contributed by atoms with E-state index >= 15 is 0 Å². The minimum absolute atomic E-state index is 0.0668. The van der Waals surface area contributed by atoms with Gasteiger partial charge in [-0.2, -0.15) is 0 Å². The summed E-state index contributed by atoms with van der Waals surface area (Å²) in [6.45, 7) is 2.73. The van der Waals surface area contributed by atoms with Gasteiger partial charge in [-0.3, -0.25) is 0 Å². The minimum Gasteiger partial charge on any atom is -0.330 e. The molecule has 4 nitrogen and oxygen atoms in total. The number of nitrogens with one attached hydrogen (secondary N) is 1. The van der Waals surface area contributed by atoms with Gasteiger partial charge in [-0.1, -0.05) is 0 Å². The van der Waals surface area contributed by atoms with Crippen molar-refractivity contribution in [1.29, 1.82) is 0 Å². The maximum atomic E-state index is 5.70. The fourth-order valence-corrected chi connectivity index (χ4v) is 0.964. The molecule has 0 amide bonds. The van der Waals surface area contributed by atoms with Crippen LogP contribution in [-0.4, -0.2) is 44.8 Å². The van der Waals surface area contributed by atoms with E-state index in [9.17, 15) is 0 Å². The molecule has 0 heterocycles. The van der Waals surface area contributed by atoms with Crippen LogP contribution >= 0.6 is 0 Å². The second-order valence-electron chi connectivity index (χ2n) is 3.29. The lowest BCUT2D eigenvalue weighted by molar-refractivity contribution is 0.384. The van der Waals surface area contributed by atoms with E-state index in [2.05, 4.69) is 24.3 Å². The number of rotatable bonds is 7. The van der Waals surface area contributed by atoms with Gasteiger partial charge in [-0.15, -0.1) is 0 Å². The van der Waals surface area contributed by atoms with Crippen molar-refractivity contribution in [2.45, 2.75) is 19.0 Å². The van der Waals surface area contributed by atoms with Crippen molar-refractivity contribution < 1.29 is 0 Å². The largest absolute Gasteiger partial charge is 0.330 e. The molecule has 0 rings (SSSR count). The zero-order valence-electron chi connectivity index (χ0n) is 8.21. The van der Waals surface area contributed by atoms with Crippen LogP contribution < -0.4 is 16.8 Å². The maximum Gasteiger partial charge on any atom is 0.0558 e. The molecule has 74 valence electrons. The van der Waals surface area contributed by atoms with Gasteiger partial charge in [-0.05, 0) is 46.6 Å². The van der Waals surface area contributed by atoms with Crippen LogP contribution in [0.4, 0.5) is 0 Å². The summed E-state index contributed by atoms with van der Waals surface area (Å²) in [4.78, 5) is 2.16. The van der Waals surface area contributed by atoms with Gasteiger partial charge in [0, 0.05) is 0 Å². The lowest BCUT2D eigenvalue weighted by atomic mass is 10.3. The Bertz CT molecular complexity index is 95.1. The van der Waals surface area contributed by atoms with Crippen LogP contribution in [0.15, 0.2) is 0 Å². The van der Waals surface area contributed by atoms with Crippen molar-refractivity contribution in [2.75, 3.05) is 33.7 Å². The van der Waals surface area contributed by atoms with Gasteiger partial charge in [0.2, 0.25) is 0 Å². The Morgan fingerprint density at radius 2 is 2.08 bits per heavy atom. The van der Waals surface area contributed by atoms with Gasteiger partial charge in [0.05, 0.1) is 6.17 Å². The van der Waals surface area contributed by atoms with Gasteiger partial charge in [0.25, 0.3) is 0 Å². The first kappa shape index (κ1) is 11.8. The maximum absolute atomic E-state index is 5.70. The summed E-state index contributed by atoms with van der Waals surface area (Å²) in [5.41, 5.74) is 11.1. The van der Waals surface area contributed by atoms with Crippen LogP contribution in [0.5, 0.6) is 0 Å². The number of hydrogen-bond donors (Lipinski definition) is 3. The first-order chi connectivity index (χ1) is 5.66. The smallest absolute Gasteiger partial charge is 0.0558 e. The summed E-state index contributed by atoms with van der Waals surface area (Å²) in [6.07, 6.45) is 2.05. The highest BCUT2D eigenvalue weighted by Crippen LogP contribution is 1.83. The Morgan fingerprint density at radius 3 is 2.58 bits per heavy atom. The van der Waals surface area contributed by atoms with Crippen LogP contribution in [0.3, 0.4) is 0 Å². The molecular formula is C8H22N4. The van der Waals surface area contributed by atoms with Crippen LogP contribution in [0.2, 0.25) is 0 Å². The zero-order chi connectivity index (χ0) is 9.40. The zero-order valence-corrected chi connectivity index (χ0v) is 8.21. The van der Waals surface area contributed by atoms with Crippen LogP contribution in [0.1, 0.15) is 12.8 Å². The van der Waals surface area contributed by atoms with E-state index < -0.39 is 0 Å². The fraction of sp³-hybridized carbons (Fsp3) is 1.00. The van der Waals surface area contributed by atoms with Crippen LogP contribution in [0, 0.1) is 0 Å². The SMILES string of the molecule is CN(C)CCCNC(N)CCN. The van der Waals surface area contributed by atoms with Crippen molar-refractivity contribution in [3.05, 3.63) is 0 Å². The molecule has 0 saturated heterocycles. The molecule has 0 fully saturated rings. The van der Waals surface area contributed by atoms with Crippen molar-refractivity contribution >= 4 is 0 Å². The Balaban J connectivity index is 3.08. The van der Waals surface area contributed by atoms with Crippen molar-refractivity contribution in [1.82, 2.24) is 10.2 Å². The topological polar surface area (TPSA) is 67.3 Å². The molecule has 4 heteroatoms. The first-order valence-corrected chi connectivity index (χ1v) is 4.50. The number of nitrogens with zero attached hydrogens (tertiary/aromatic N) is 1. The predicted molar refractivity (Wildman–Crippen MR) is 52.8 cm³/mol. The van der Waals surface area contributed by atoms with Crippen molar-refractivity contribution in [3.8, 4) is 0 Å². The predicted octanol–water partition coefficient (Wildman–Crippen LogP) is -0.839. The standard InChI is InChI=1S/C8H22N4/c1-12(2)7-3-6-11-8(10)4-5-9/h8,11H,3-7,9-10H2,1-2H3. The van der Waals surface area contributed by atoms with Gasteiger partial charge in [0.1, 0.15) is 0 Å². The summed E-state index contributed by atoms with van der Waals surface area (Å²) in [6, 6.07) is 0. The van der Waals surface area contributed by atoms with Gasteiger partial charge in [-0.25, -0.2) is 0 Å². The highest BCUT2D eigenvalue weighted by atomic mass is 15.1. The second kappa shape index (κ2) is 7.49. The van der Waals surface area contributed by atoms with E-state index in [0.717, 1.165) is 25.9 Å². The highest BCUT2D eigenvalue weighted by molar-refractivity contribution is 4.59. The van der Waals surface area contributed by atoms with Crippen LogP contribution in [-0.2, 0) is 0 Å². The molecule has 12 heavy (non-hydrogen) atoms. The summed E-state index contributed by atoms with van der Waals surface area (Å²) in [7, 11) is 4.14. The molecule has 0 bridgehead atoms. The second-order valence-corrected chi connectivity index (χ2v) is 3.29. The summed E-state index contributed by atoms with van der Waals surface area (Å²) in [5.74, 6) is 0. The molecule has 0 aromatic carbocycles. The quantitative estimate of drug-likeness (QED) is 0.348. The summed E-state index contributed by atoms with van der Waals surface area (Å²) >= 11 is 0. The highest BCUT2D eigenvalue weighted by Gasteiger charge is 1.98. The van der Waals surface area contributed by atoms with E-state index in [-0.39, 0.29) is 6.17 Å². The molecule has 5 N–H and O–H groups in total. The van der Waals surface area contributed by atoms with E-state index in [1.54, 1.807) is 0 Å². The first-order valence-electron chi connectivity index (χ1n) is 4.50. The van der Waals surface area contributed by atoms with Gasteiger partial charge < -0.3 is 21.7 Å². The molecule has 0 aromatic heterocycles. The Kier molecular flexibility index (Phi) is 7.39. The van der Waals surface area contributed by atoms with Crippen molar-refractivity contribution in [3.63, 3.8) is 0 Å². The average Bonchev–Trinajstić information content (AvgIpc) is 1.98. The monoisotopic (exact) mass is 174 g/mol. The molecule has 0 aliphatic heterocycles. The molecule has 1 unspecified atom stereocenters. The minimum atomic E-state index is 0.0668. The summed E-state index contributed by atoms with van der Waals surface area (Å²) < 4.78 is 0. The van der Waals surface area contributed by atoms with E-state index in [1.165, 1.54) is 0 Å². The molecule has 0 aliphatic rings. The molecule has 0 radical (unpaired) electrons. The molecule has 0 spiro atoms. The Labute approximate surface area is 75.3 Å². The van der Waals surface area contributed by atoms with E-state index in [0.29, 0.717) is 6.54 Å². The lowest BCUT2D eigenvalue weighted by Crippen LogP contribution is -2.40. The molecule has 0 saturated carbocycles. The van der Waals surface area contributed by atoms with Gasteiger partial charge >= 0.3 is 0 Å². The molecule has 0 aromatic rings. The summed E-state index contributed by atoms with van der Waals surface area (Å²) in [5, 5.41) is 3.21. The fourth-order valence-electron chi connectivity index (χ4n) is 0.964. The third-order valence-corrected chi connectivity index (χ3v) is 1.67. The molecule has 1 atom stereocenters. The third kappa shape index (κ3) is 7.94. The average molecular weight is 174 g/mol. The molecule has 0 aliphatic carbocycles. The lowest BCUT2D eigenvalue weighted by Gasteiger charge is -2.14. The third-order valence-electron chi connectivity index (χ3n) is 1.67. The van der Waals surface area contributed by atoms with Crippen molar-refractivity contribution in [2.24, 2.45) is 11.5 Å². The van der Waals surface area contributed by atoms with Crippen LogP contribution in [0.25, 0.3) is 0 Å². The van der Waals surface area contributed by atoms with E-state index in [4.69, 9.17) is 11.5 Å². The number of hydrogen-bond acceptors (Lipinski definition) is 4. The Hall–Kier alpha value is -0.160. The molecular weight excluding hydrogens is 152 g/mol. The number of nitrogens with two attached hydrogens (primary N) is 2. The Morgan fingerprint density at radius 1 is 1.42 bits per heavy atom. The van der Waals surface area contributed by atoms with Gasteiger partial charge in [0.15, 0.2) is 0 Å². The normalized spacial score (nSPS) is 13.8.